The van der Waals surface area contributed by atoms with Crippen molar-refractivity contribution in [2.75, 3.05) is 0 Å². The number of nitrogens with zero attached hydrogens (tertiary/aromatic N) is 1. The van der Waals surface area contributed by atoms with Gasteiger partial charge in [-0.1, -0.05) is 161 Å². The van der Waals surface area contributed by atoms with Gasteiger partial charge in [0.1, 0.15) is 5.75 Å². The van der Waals surface area contributed by atoms with E-state index in [2.05, 4.69) is 110 Å². The van der Waals surface area contributed by atoms with Crippen LogP contribution >= 0.6 is 0 Å². The van der Waals surface area contributed by atoms with E-state index >= 15 is 0 Å². The van der Waals surface area contributed by atoms with Crippen LogP contribution in [0.1, 0.15) is 70.4 Å². The van der Waals surface area contributed by atoms with Crippen molar-refractivity contribution in [1.29, 1.82) is 0 Å². The smallest absolute Gasteiger partial charge is 0.115 e. The summed E-state index contributed by atoms with van der Waals surface area (Å²) in [5.74, 6) is 0.279. The van der Waals surface area contributed by atoms with E-state index in [1.807, 2.05) is 12.1 Å². The lowest BCUT2D eigenvalue weighted by atomic mass is 9.85. The molecule has 2 heteroatoms. The number of pyridine rings is 1. The van der Waals surface area contributed by atoms with Crippen LogP contribution in [0.15, 0.2) is 127 Å². The van der Waals surface area contributed by atoms with E-state index in [0.29, 0.717) is 0 Å². The van der Waals surface area contributed by atoms with Gasteiger partial charge in [-0.25, -0.2) is 0 Å². The molecule has 6 aromatic carbocycles. The van der Waals surface area contributed by atoms with Crippen LogP contribution in [-0.4, -0.2) is 10.1 Å². The Bertz CT molecular complexity index is 2090. The van der Waals surface area contributed by atoms with E-state index < -0.39 is 0 Å². The van der Waals surface area contributed by atoms with Crippen LogP contribution in [0.25, 0.3) is 65.8 Å². The lowest BCUT2D eigenvalue weighted by molar-refractivity contribution is 0.475. The van der Waals surface area contributed by atoms with Gasteiger partial charge in [-0.15, -0.1) is 0 Å². The molecule has 0 aliphatic rings. The fourth-order valence-corrected chi connectivity index (χ4v) is 7.41. The van der Waals surface area contributed by atoms with Crippen molar-refractivity contribution in [2.24, 2.45) is 0 Å². The van der Waals surface area contributed by atoms with Gasteiger partial charge in [-0.3, -0.25) is 4.98 Å². The number of hydrogen-bond acceptors (Lipinski definition) is 2. The fraction of sp³-hybridized carbons (Fsp3) is 0.239. The Morgan fingerprint density at radius 3 is 1.44 bits per heavy atom. The highest BCUT2D eigenvalue weighted by Crippen LogP contribution is 2.44. The lowest BCUT2D eigenvalue weighted by Gasteiger charge is -2.18. The van der Waals surface area contributed by atoms with Crippen molar-refractivity contribution < 1.29 is 5.11 Å². The highest BCUT2D eigenvalue weighted by atomic mass is 16.3. The van der Waals surface area contributed by atoms with E-state index in [9.17, 15) is 5.11 Å². The van der Waals surface area contributed by atoms with Gasteiger partial charge in [0.05, 0.1) is 5.52 Å². The van der Waals surface area contributed by atoms with Gasteiger partial charge in [-0.2, -0.15) is 0 Å². The molecule has 2 nitrogen and oxygen atoms in total. The van der Waals surface area contributed by atoms with Crippen LogP contribution in [0.5, 0.6) is 5.75 Å². The minimum Gasteiger partial charge on any atom is -0.508 e. The van der Waals surface area contributed by atoms with Crippen LogP contribution in [0.3, 0.4) is 0 Å². The Labute approximate surface area is 285 Å². The molecule has 7 rings (SSSR count). The minimum absolute atomic E-state index is 0.279. The molecule has 0 radical (unpaired) electrons. The van der Waals surface area contributed by atoms with Crippen molar-refractivity contribution >= 4 is 32.4 Å². The summed E-state index contributed by atoms with van der Waals surface area (Å²) in [4.78, 5) is 5.09. The molecule has 0 saturated heterocycles. The zero-order valence-corrected chi connectivity index (χ0v) is 28.1. The maximum absolute atomic E-state index is 9.99. The van der Waals surface area contributed by atoms with E-state index in [1.54, 1.807) is 12.1 Å². The summed E-state index contributed by atoms with van der Waals surface area (Å²) in [6, 6.07) is 45.1. The first kappa shape index (κ1) is 31.6. The van der Waals surface area contributed by atoms with Crippen molar-refractivity contribution in [3.05, 3.63) is 133 Å². The van der Waals surface area contributed by atoms with Crippen LogP contribution in [0.2, 0.25) is 0 Å². The summed E-state index contributed by atoms with van der Waals surface area (Å²) in [6.45, 7) is 2.28. The molecule has 0 fully saturated rings. The third kappa shape index (κ3) is 6.71. The first-order chi connectivity index (χ1) is 23.7. The zero-order chi connectivity index (χ0) is 32.7. The SMILES string of the molecule is CCCCCCCCCCCc1cc(-c2ccc(-c3c4ccccc4c(-c4ccc(O)cc4)c4ccccc34)cc2)c2ccccc2n1. The van der Waals surface area contributed by atoms with Crippen LogP contribution in [0.4, 0.5) is 0 Å². The third-order valence-corrected chi connectivity index (χ3v) is 9.88. The van der Waals surface area contributed by atoms with E-state index in [4.69, 9.17) is 4.98 Å². The number of aromatic nitrogens is 1. The van der Waals surface area contributed by atoms with Crippen molar-refractivity contribution in [2.45, 2.75) is 71.1 Å². The highest BCUT2D eigenvalue weighted by molar-refractivity contribution is 6.21. The van der Waals surface area contributed by atoms with Gasteiger partial charge in [0, 0.05) is 11.1 Å². The predicted molar refractivity (Wildman–Crippen MR) is 206 cm³/mol. The predicted octanol–water partition coefficient (Wildman–Crippen LogP) is 13.3. The molecule has 0 spiro atoms. The molecule has 1 aromatic heterocycles. The van der Waals surface area contributed by atoms with Gasteiger partial charge >= 0.3 is 0 Å². The Morgan fingerprint density at radius 2 is 0.896 bits per heavy atom. The second kappa shape index (κ2) is 14.9. The Morgan fingerprint density at radius 1 is 0.458 bits per heavy atom. The standard InChI is InChI=1S/C46H45NO/c1-2-3-4-5-6-7-8-9-10-17-36-32-43(38-18-15-16-23-44(38)47-36)33-24-26-34(27-25-33)45-39-19-11-13-21-41(39)46(35-28-30-37(48)31-29-35)42-22-14-12-20-40(42)45/h11-16,18-32,48H,2-10,17H2,1H3. The number of phenols is 1. The van der Waals surface area contributed by atoms with Crippen LogP contribution in [-0.2, 0) is 6.42 Å². The summed E-state index contributed by atoms with van der Waals surface area (Å²) in [7, 11) is 0. The lowest BCUT2D eigenvalue weighted by Crippen LogP contribution is -1.95. The van der Waals surface area contributed by atoms with Gasteiger partial charge < -0.3 is 5.11 Å². The van der Waals surface area contributed by atoms with E-state index in [-0.39, 0.29) is 5.75 Å². The van der Waals surface area contributed by atoms with Gasteiger partial charge in [0.2, 0.25) is 0 Å². The Balaban J connectivity index is 1.21. The molecule has 0 saturated carbocycles. The molecule has 240 valence electrons. The molecule has 0 unspecified atom stereocenters. The largest absolute Gasteiger partial charge is 0.508 e. The van der Waals surface area contributed by atoms with Gasteiger partial charge in [0.25, 0.3) is 0 Å². The van der Waals surface area contributed by atoms with E-state index in [0.717, 1.165) is 17.5 Å². The van der Waals surface area contributed by atoms with Crippen LogP contribution < -0.4 is 0 Å². The molecule has 1 heterocycles. The Hall–Kier alpha value is -4.95. The number of fused-ring (bicyclic) bond motifs is 3. The topological polar surface area (TPSA) is 33.1 Å². The number of phenolic OH excluding ortho intramolecular Hbond substituents is 1. The molecule has 0 amide bonds. The number of hydrogen-bond donors (Lipinski definition) is 1. The fourth-order valence-electron chi connectivity index (χ4n) is 7.41. The first-order valence-electron chi connectivity index (χ1n) is 17.9. The summed E-state index contributed by atoms with van der Waals surface area (Å²) in [5.41, 5.74) is 9.51. The van der Waals surface area contributed by atoms with Gasteiger partial charge in [-0.05, 0) is 92.0 Å². The maximum Gasteiger partial charge on any atom is 0.115 e. The molecule has 0 bridgehead atoms. The van der Waals surface area contributed by atoms with Crippen LogP contribution in [0, 0.1) is 0 Å². The highest BCUT2D eigenvalue weighted by Gasteiger charge is 2.17. The number of rotatable bonds is 13. The molecule has 1 N–H and O–H groups in total. The number of benzene rings is 6. The van der Waals surface area contributed by atoms with Crippen molar-refractivity contribution in [3.8, 4) is 39.1 Å². The number of para-hydroxylation sites is 1. The number of aryl methyl sites for hydroxylation is 1. The molecule has 0 aliphatic carbocycles. The molecule has 7 aromatic rings. The summed E-state index contributed by atoms with van der Waals surface area (Å²) < 4.78 is 0. The summed E-state index contributed by atoms with van der Waals surface area (Å²) >= 11 is 0. The molecule has 48 heavy (non-hydrogen) atoms. The van der Waals surface area contributed by atoms with E-state index in [1.165, 1.54) is 118 Å². The average Bonchev–Trinajstić information content (AvgIpc) is 3.13. The second-order valence-electron chi connectivity index (χ2n) is 13.2. The molecule has 0 aliphatic heterocycles. The normalized spacial score (nSPS) is 11.5. The summed E-state index contributed by atoms with van der Waals surface area (Å²) in [5, 5.41) is 16.1. The third-order valence-electron chi connectivity index (χ3n) is 9.88. The van der Waals surface area contributed by atoms with Gasteiger partial charge in [0.15, 0.2) is 0 Å². The Kier molecular flexibility index (Phi) is 9.80. The second-order valence-corrected chi connectivity index (χ2v) is 13.2. The maximum atomic E-state index is 9.99. The first-order valence-corrected chi connectivity index (χ1v) is 17.9. The average molecular weight is 628 g/mol. The summed E-state index contributed by atoms with van der Waals surface area (Å²) in [6.07, 6.45) is 13.0. The molecule has 0 atom stereocenters. The van der Waals surface area contributed by atoms with Crippen molar-refractivity contribution in [3.63, 3.8) is 0 Å². The number of unbranched alkanes of at least 4 members (excludes halogenated alkanes) is 8. The van der Waals surface area contributed by atoms with Crippen molar-refractivity contribution in [1.82, 2.24) is 4.98 Å². The monoisotopic (exact) mass is 627 g/mol. The quantitative estimate of drug-likeness (QED) is 0.102. The molecular weight excluding hydrogens is 583 g/mol. The zero-order valence-electron chi connectivity index (χ0n) is 28.1. The molecular formula is C46H45NO. The minimum atomic E-state index is 0.279. The number of aromatic hydroxyl groups is 1.